The Morgan fingerprint density at radius 3 is 0.865 bits per heavy atom. The van der Waals surface area contributed by atoms with Crippen LogP contribution in [-0.4, -0.2) is 0 Å². The summed E-state index contributed by atoms with van der Waals surface area (Å²) in [5, 5.41) is 8.84. The molecule has 0 saturated heterocycles. The van der Waals surface area contributed by atoms with Gasteiger partial charge < -0.3 is 0 Å². The van der Waals surface area contributed by atoms with Crippen molar-refractivity contribution < 1.29 is 17.1 Å². The van der Waals surface area contributed by atoms with Gasteiger partial charge in [0, 0.05) is 17.1 Å². The van der Waals surface area contributed by atoms with Gasteiger partial charge in [-0.3, -0.25) is 0 Å². The normalized spacial score (nSPS) is 13.6. The summed E-state index contributed by atoms with van der Waals surface area (Å²) in [5.41, 5.74) is 0. The molecule has 0 heterocycles. The van der Waals surface area contributed by atoms with Crippen molar-refractivity contribution in [3.63, 3.8) is 0 Å². The molecule has 0 nitrogen and oxygen atoms in total. The molecule has 0 amide bonds. The monoisotopic (exact) mass is 556 g/mol. The van der Waals surface area contributed by atoms with Gasteiger partial charge in [0.1, 0.15) is 0 Å². The summed E-state index contributed by atoms with van der Waals surface area (Å²) in [4.78, 5) is 0. The molecule has 0 radical (unpaired) electrons. The Morgan fingerprint density at radius 2 is 0.649 bits per heavy atom. The van der Waals surface area contributed by atoms with E-state index in [0.717, 1.165) is 12.8 Å². The van der Waals surface area contributed by atoms with Crippen LogP contribution in [0.1, 0.15) is 12.8 Å². The summed E-state index contributed by atoms with van der Waals surface area (Å²) >= 11 is 0. The summed E-state index contributed by atoms with van der Waals surface area (Å²) in [6.45, 7) is 0. The fourth-order valence-corrected chi connectivity index (χ4v) is 9.32. The molecule has 0 aliphatic heterocycles. The fraction of sp³-hybridized carbons (Fsp3) is 0.0588. The van der Waals surface area contributed by atoms with Crippen LogP contribution >= 0.6 is 15.8 Å². The van der Waals surface area contributed by atoms with Gasteiger partial charge >= 0.3 is 0 Å². The van der Waals surface area contributed by atoms with Crippen molar-refractivity contribution in [3.8, 4) is 0 Å². The molecule has 0 atom stereocenters. The maximum atomic E-state index is 2.28. The van der Waals surface area contributed by atoms with Crippen molar-refractivity contribution in [3.05, 3.63) is 168 Å². The number of rotatable bonds is 6. The third-order valence-corrected chi connectivity index (χ3v) is 11.2. The number of allylic oxidation sites excluding steroid dienone is 8. The summed E-state index contributed by atoms with van der Waals surface area (Å²) < 4.78 is 0. The molecule has 4 aromatic carbocycles. The zero-order chi connectivity index (χ0) is 24.4. The molecule has 4 aromatic rings. The SMILES string of the molecule is C1=CCC(P(c2ccccc2)c2ccccc2)=C1.C1=CCC(P(c2ccccc2)c2ccccc2)=C1.[Fe]. The molecule has 0 fully saturated rings. The Hall–Kier alpha value is -2.78. The zero-order valence-electron chi connectivity index (χ0n) is 20.7. The number of hydrogen-bond donors (Lipinski definition) is 0. The van der Waals surface area contributed by atoms with Crippen molar-refractivity contribution >= 4 is 37.1 Å². The van der Waals surface area contributed by atoms with Gasteiger partial charge in [0.2, 0.25) is 0 Å². The Morgan fingerprint density at radius 1 is 0.378 bits per heavy atom. The van der Waals surface area contributed by atoms with Crippen LogP contribution in [0.15, 0.2) is 168 Å². The van der Waals surface area contributed by atoms with Crippen LogP contribution in [0.2, 0.25) is 0 Å². The maximum Gasteiger partial charge on any atom is 0 e. The molecule has 0 aromatic heterocycles. The second kappa shape index (κ2) is 14.2. The summed E-state index contributed by atoms with van der Waals surface area (Å²) in [6.07, 6.45) is 15.6. The van der Waals surface area contributed by atoms with E-state index in [1.807, 2.05) is 0 Å². The average molecular weight is 556 g/mol. The summed E-state index contributed by atoms with van der Waals surface area (Å²) in [6, 6.07) is 43.4. The first-order valence-electron chi connectivity index (χ1n) is 12.4. The van der Waals surface area contributed by atoms with Crippen LogP contribution in [0.3, 0.4) is 0 Å². The molecule has 184 valence electrons. The van der Waals surface area contributed by atoms with Gasteiger partial charge in [0.15, 0.2) is 0 Å². The molecule has 0 unspecified atom stereocenters. The predicted octanol–water partition coefficient (Wildman–Crippen LogP) is 7.92. The third kappa shape index (κ3) is 7.17. The second-order valence-electron chi connectivity index (χ2n) is 8.59. The van der Waals surface area contributed by atoms with Crippen molar-refractivity contribution in [1.82, 2.24) is 0 Å². The van der Waals surface area contributed by atoms with E-state index in [2.05, 4.69) is 158 Å². The van der Waals surface area contributed by atoms with Crippen LogP contribution in [-0.2, 0) is 17.1 Å². The minimum absolute atomic E-state index is 0. The molecular weight excluding hydrogens is 526 g/mol. The Balaban J connectivity index is 0.000000168. The zero-order valence-corrected chi connectivity index (χ0v) is 23.6. The molecule has 2 aliphatic carbocycles. The van der Waals surface area contributed by atoms with Crippen LogP contribution in [0.4, 0.5) is 0 Å². The van der Waals surface area contributed by atoms with Gasteiger partial charge in [-0.15, -0.1) is 0 Å². The first-order valence-corrected chi connectivity index (χ1v) is 15.1. The molecule has 0 spiro atoms. The molecule has 3 heteroatoms. The molecule has 0 N–H and O–H groups in total. The molecule has 2 aliphatic rings. The fourth-order valence-electron chi connectivity index (χ4n) is 4.47. The largest absolute Gasteiger partial charge is 0.0801 e. The predicted molar refractivity (Wildman–Crippen MR) is 162 cm³/mol. The van der Waals surface area contributed by atoms with E-state index < -0.39 is 0 Å². The smallest absolute Gasteiger partial charge is 0 e. The molecule has 0 bridgehead atoms. The Kier molecular flexibility index (Phi) is 10.5. The first-order chi connectivity index (χ1) is 17.9. The summed E-state index contributed by atoms with van der Waals surface area (Å²) in [5.74, 6) is 0. The van der Waals surface area contributed by atoms with Gasteiger partial charge in [-0.25, -0.2) is 0 Å². The molecule has 0 saturated carbocycles. The molecular formula is C34H30FeP2. The summed E-state index contributed by atoms with van der Waals surface area (Å²) in [7, 11) is -0.707. The van der Waals surface area contributed by atoms with Gasteiger partial charge in [-0.2, -0.15) is 0 Å². The minimum Gasteiger partial charge on any atom is -0.0801 e. The van der Waals surface area contributed by atoms with E-state index in [4.69, 9.17) is 0 Å². The van der Waals surface area contributed by atoms with Crippen molar-refractivity contribution in [2.45, 2.75) is 12.8 Å². The maximum absolute atomic E-state index is 2.28. The van der Waals surface area contributed by atoms with E-state index in [1.54, 1.807) is 10.6 Å². The van der Waals surface area contributed by atoms with Crippen molar-refractivity contribution in [1.29, 1.82) is 0 Å². The average Bonchev–Trinajstić information content (AvgIpc) is 3.68. The van der Waals surface area contributed by atoms with Crippen molar-refractivity contribution in [2.75, 3.05) is 0 Å². The Labute approximate surface area is 234 Å². The standard InChI is InChI=1S/2C17H15P.Fe/c2*1-3-9-15(10-4-1)18(17-13-7-8-14-17)16-11-5-2-6-12-16;/h2*1-13H,14H2;. The quantitative estimate of drug-likeness (QED) is 0.167. The van der Waals surface area contributed by atoms with Crippen molar-refractivity contribution in [2.24, 2.45) is 0 Å². The number of hydrogen-bond acceptors (Lipinski definition) is 0. The first kappa shape index (κ1) is 27.3. The van der Waals surface area contributed by atoms with E-state index in [0.29, 0.717) is 0 Å². The molecule has 37 heavy (non-hydrogen) atoms. The van der Waals surface area contributed by atoms with Gasteiger partial charge in [0.05, 0.1) is 0 Å². The van der Waals surface area contributed by atoms with E-state index in [-0.39, 0.29) is 32.9 Å². The van der Waals surface area contributed by atoms with Gasteiger partial charge in [-0.1, -0.05) is 158 Å². The van der Waals surface area contributed by atoms with E-state index >= 15 is 0 Å². The molecule has 6 rings (SSSR count). The number of benzene rings is 4. The third-order valence-electron chi connectivity index (χ3n) is 6.14. The van der Waals surface area contributed by atoms with E-state index in [1.165, 1.54) is 21.2 Å². The Bertz CT molecular complexity index is 1170. The van der Waals surface area contributed by atoms with Gasteiger partial charge in [0.25, 0.3) is 0 Å². The van der Waals surface area contributed by atoms with Crippen LogP contribution in [0.25, 0.3) is 0 Å². The van der Waals surface area contributed by atoms with Crippen LogP contribution < -0.4 is 21.2 Å². The topological polar surface area (TPSA) is 0 Å². The van der Waals surface area contributed by atoms with Crippen LogP contribution in [0, 0.1) is 0 Å². The minimum atomic E-state index is -0.353. The van der Waals surface area contributed by atoms with Gasteiger partial charge in [-0.05, 0) is 60.5 Å². The van der Waals surface area contributed by atoms with Crippen LogP contribution in [0.5, 0.6) is 0 Å². The second-order valence-corrected chi connectivity index (χ2v) is 13.1. The van der Waals surface area contributed by atoms with E-state index in [9.17, 15) is 0 Å².